The van der Waals surface area contributed by atoms with Crippen LogP contribution in [0.15, 0.2) is 46.5 Å². The average Bonchev–Trinajstić information content (AvgIpc) is 3.42. The van der Waals surface area contributed by atoms with Crippen LogP contribution in [0.2, 0.25) is 0 Å². The Bertz CT molecular complexity index is 1070. The quantitative estimate of drug-likeness (QED) is 0.465. The summed E-state index contributed by atoms with van der Waals surface area (Å²) in [5.74, 6) is 0.617. The van der Waals surface area contributed by atoms with Crippen LogP contribution in [0.5, 0.6) is 5.75 Å². The minimum absolute atomic E-state index is 0.179. The second-order valence-corrected chi connectivity index (χ2v) is 8.30. The molecule has 3 heterocycles. The van der Waals surface area contributed by atoms with Gasteiger partial charge in [0.1, 0.15) is 15.6 Å². The lowest BCUT2D eigenvalue weighted by Crippen LogP contribution is -2.11. The molecular formula is C19H15N3O2S3. The number of aromatic nitrogens is 2. The van der Waals surface area contributed by atoms with E-state index in [2.05, 4.69) is 15.3 Å². The molecule has 0 saturated heterocycles. The topological polar surface area (TPSA) is 64.1 Å². The van der Waals surface area contributed by atoms with E-state index in [0.717, 1.165) is 33.3 Å². The zero-order valence-electron chi connectivity index (χ0n) is 14.6. The third-order valence-corrected chi connectivity index (χ3v) is 6.53. The lowest BCUT2D eigenvalue weighted by atomic mass is 10.2. The minimum atomic E-state index is -0.179. The Morgan fingerprint density at radius 3 is 2.59 bits per heavy atom. The van der Waals surface area contributed by atoms with Crippen molar-refractivity contribution in [2.75, 3.05) is 12.4 Å². The number of nitrogens with one attached hydrogen (secondary N) is 1. The Labute approximate surface area is 168 Å². The Kier molecular flexibility index (Phi) is 5.02. The number of anilines is 1. The van der Waals surface area contributed by atoms with Gasteiger partial charge in [0, 0.05) is 21.9 Å². The smallest absolute Gasteiger partial charge is 0.269 e. The van der Waals surface area contributed by atoms with E-state index in [9.17, 15) is 4.79 Å². The fourth-order valence-electron chi connectivity index (χ4n) is 2.50. The van der Waals surface area contributed by atoms with Crippen LogP contribution in [-0.4, -0.2) is 23.0 Å². The summed E-state index contributed by atoms with van der Waals surface area (Å²) in [4.78, 5) is 22.3. The molecule has 27 heavy (non-hydrogen) atoms. The normalized spacial score (nSPS) is 10.7. The third-order valence-electron chi connectivity index (χ3n) is 3.88. The molecular weight excluding hydrogens is 398 g/mol. The largest absolute Gasteiger partial charge is 0.497 e. The third kappa shape index (κ3) is 3.78. The number of ether oxygens (including phenoxy) is 1. The number of amides is 1. The van der Waals surface area contributed by atoms with Crippen molar-refractivity contribution in [1.82, 2.24) is 9.97 Å². The molecule has 4 aromatic rings. The Hall–Kier alpha value is -2.55. The van der Waals surface area contributed by atoms with Crippen molar-refractivity contribution < 1.29 is 9.53 Å². The molecule has 0 fully saturated rings. The second-order valence-electron chi connectivity index (χ2n) is 5.67. The van der Waals surface area contributed by atoms with E-state index >= 15 is 0 Å². The van der Waals surface area contributed by atoms with E-state index in [1.54, 1.807) is 18.4 Å². The molecule has 4 rings (SSSR count). The zero-order chi connectivity index (χ0) is 18.8. The summed E-state index contributed by atoms with van der Waals surface area (Å²) >= 11 is 4.41. The summed E-state index contributed by atoms with van der Waals surface area (Å²) in [7, 11) is 1.64. The zero-order valence-corrected chi connectivity index (χ0v) is 17.0. The van der Waals surface area contributed by atoms with Crippen LogP contribution < -0.4 is 10.1 Å². The molecule has 0 saturated carbocycles. The number of rotatable bonds is 5. The highest BCUT2D eigenvalue weighted by Gasteiger charge is 2.18. The summed E-state index contributed by atoms with van der Waals surface area (Å²) in [6, 6.07) is 9.67. The van der Waals surface area contributed by atoms with Gasteiger partial charge in [0.2, 0.25) is 0 Å². The van der Waals surface area contributed by atoms with Crippen molar-refractivity contribution in [1.29, 1.82) is 0 Å². The van der Waals surface area contributed by atoms with Crippen molar-refractivity contribution in [3.05, 3.63) is 57.0 Å². The first-order valence-electron chi connectivity index (χ1n) is 8.05. The number of hydrogen-bond donors (Lipinski definition) is 1. The van der Waals surface area contributed by atoms with E-state index in [1.165, 1.54) is 22.7 Å². The molecule has 8 heteroatoms. The number of hydrogen-bond acceptors (Lipinski definition) is 7. The number of thiophene rings is 1. The van der Waals surface area contributed by atoms with Crippen molar-refractivity contribution in [2.24, 2.45) is 0 Å². The van der Waals surface area contributed by atoms with Crippen molar-refractivity contribution >= 4 is 45.0 Å². The molecule has 0 spiro atoms. The second kappa shape index (κ2) is 7.59. The molecule has 0 bridgehead atoms. The van der Waals surface area contributed by atoms with Gasteiger partial charge in [-0.05, 0) is 42.6 Å². The van der Waals surface area contributed by atoms with Crippen LogP contribution >= 0.6 is 34.0 Å². The maximum Gasteiger partial charge on any atom is 0.269 e. The van der Waals surface area contributed by atoms with Crippen molar-refractivity contribution in [3.63, 3.8) is 0 Å². The molecule has 0 aliphatic heterocycles. The van der Waals surface area contributed by atoms with Gasteiger partial charge in [0.25, 0.3) is 5.91 Å². The molecule has 0 aliphatic rings. The molecule has 1 amide bonds. The van der Waals surface area contributed by atoms with E-state index in [4.69, 9.17) is 4.74 Å². The number of carbonyl (C=O) groups excluding carboxylic acids is 1. The molecule has 0 radical (unpaired) electrons. The first kappa shape index (κ1) is 17.8. The van der Waals surface area contributed by atoms with Gasteiger partial charge in [-0.25, -0.2) is 9.97 Å². The monoisotopic (exact) mass is 413 g/mol. The minimum Gasteiger partial charge on any atom is -0.497 e. The highest BCUT2D eigenvalue weighted by molar-refractivity contribution is 7.18. The first-order valence-corrected chi connectivity index (χ1v) is 10.7. The van der Waals surface area contributed by atoms with Gasteiger partial charge in [-0.1, -0.05) is 0 Å². The Balaban J connectivity index is 1.51. The number of aryl methyl sites for hydroxylation is 1. The fourth-order valence-corrected chi connectivity index (χ4v) is 4.88. The maximum atomic E-state index is 12.7. The number of benzene rings is 1. The van der Waals surface area contributed by atoms with E-state index in [1.807, 2.05) is 53.4 Å². The van der Waals surface area contributed by atoms with Crippen LogP contribution in [0.25, 0.3) is 21.8 Å². The molecule has 3 aromatic heterocycles. The van der Waals surface area contributed by atoms with E-state index in [-0.39, 0.29) is 5.91 Å². The van der Waals surface area contributed by atoms with Crippen molar-refractivity contribution in [2.45, 2.75) is 6.92 Å². The summed E-state index contributed by atoms with van der Waals surface area (Å²) in [6.07, 6.45) is 0. The maximum absolute atomic E-state index is 12.7. The highest BCUT2D eigenvalue weighted by Crippen LogP contribution is 2.31. The average molecular weight is 414 g/mol. The molecule has 0 aliphatic carbocycles. The molecule has 0 atom stereocenters. The number of thiazole rings is 2. The van der Waals surface area contributed by atoms with Gasteiger partial charge in [-0.2, -0.15) is 11.3 Å². The van der Waals surface area contributed by atoms with Gasteiger partial charge >= 0.3 is 0 Å². The SMILES string of the molecule is COc1ccc(-c2csc(NC(=O)c3sc(-c4ccsc4)nc3C)n2)cc1. The standard InChI is InChI=1S/C19H15N3O2S3/c1-11-16(27-18(20-11)13-7-8-25-9-13)17(23)22-19-21-15(10-26-19)12-3-5-14(24-2)6-4-12/h3-10H,1-2H3,(H,21,22,23). The summed E-state index contributed by atoms with van der Waals surface area (Å²) in [6.45, 7) is 1.85. The lowest BCUT2D eigenvalue weighted by Gasteiger charge is -2.01. The van der Waals surface area contributed by atoms with Gasteiger partial charge in [-0.3, -0.25) is 10.1 Å². The van der Waals surface area contributed by atoms with Crippen LogP contribution in [0.1, 0.15) is 15.4 Å². The summed E-state index contributed by atoms with van der Waals surface area (Å²) < 4.78 is 5.17. The van der Waals surface area contributed by atoms with E-state index < -0.39 is 0 Å². The van der Waals surface area contributed by atoms with Gasteiger partial charge in [-0.15, -0.1) is 22.7 Å². The van der Waals surface area contributed by atoms with Crippen molar-refractivity contribution in [3.8, 4) is 27.6 Å². The predicted octanol–water partition coefficient (Wildman–Crippen LogP) is 5.56. The molecule has 1 N–H and O–H groups in total. The summed E-state index contributed by atoms with van der Waals surface area (Å²) in [5, 5.41) is 10.3. The fraction of sp³-hybridized carbons (Fsp3) is 0.105. The van der Waals surface area contributed by atoms with Crippen LogP contribution in [0, 0.1) is 6.92 Å². The van der Waals surface area contributed by atoms with E-state index in [0.29, 0.717) is 10.0 Å². The number of methoxy groups -OCH3 is 1. The summed E-state index contributed by atoms with van der Waals surface area (Å²) in [5.41, 5.74) is 3.56. The molecule has 136 valence electrons. The number of nitrogens with zero attached hydrogens (tertiary/aromatic N) is 2. The molecule has 0 unspecified atom stereocenters. The number of carbonyl (C=O) groups is 1. The molecule has 1 aromatic carbocycles. The van der Waals surface area contributed by atoms with Crippen LogP contribution in [0.3, 0.4) is 0 Å². The molecule has 5 nitrogen and oxygen atoms in total. The first-order chi connectivity index (χ1) is 13.1. The van der Waals surface area contributed by atoms with Crippen LogP contribution in [0.4, 0.5) is 5.13 Å². The van der Waals surface area contributed by atoms with Gasteiger partial charge < -0.3 is 4.74 Å². The Morgan fingerprint density at radius 1 is 1.07 bits per heavy atom. The predicted molar refractivity (Wildman–Crippen MR) is 112 cm³/mol. The highest BCUT2D eigenvalue weighted by atomic mass is 32.1. The van der Waals surface area contributed by atoms with Crippen LogP contribution in [-0.2, 0) is 0 Å². The van der Waals surface area contributed by atoms with Gasteiger partial charge in [0.15, 0.2) is 5.13 Å². The van der Waals surface area contributed by atoms with Gasteiger partial charge in [0.05, 0.1) is 18.5 Å². The lowest BCUT2D eigenvalue weighted by molar-refractivity contribution is 0.103. The Morgan fingerprint density at radius 2 is 1.89 bits per heavy atom.